The smallest absolute Gasteiger partial charge is 0.275 e. The normalized spacial score (nSPS) is 10.8. The molecule has 96 valence electrons. The number of halogens is 2. The molecule has 2 aromatic heterocycles. The van der Waals surface area contributed by atoms with E-state index in [-0.39, 0.29) is 5.91 Å². The number of hydrogen-bond donors (Lipinski definition) is 1. The first-order valence-corrected chi connectivity index (χ1v) is 6.96. The van der Waals surface area contributed by atoms with Crippen molar-refractivity contribution in [2.45, 2.75) is 0 Å². The van der Waals surface area contributed by atoms with Gasteiger partial charge in [0.05, 0.1) is 15.7 Å². The first-order chi connectivity index (χ1) is 9.15. The molecular weight excluding hydrogens is 305 g/mol. The standard InChI is InChI=1S/C12H7Cl2N3OS/c13-7-2-1-3-8(14)10(7)16-11(18)9-6-17-4-5-19-12(17)15-9/h1-6H,(H,16,18). The number of benzene rings is 1. The number of aromatic nitrogens is 2. The largest absolute Gasteiger partial charge is 0.318 e. The molecule has 2 heterocycles. The fourth-order valence-electron chi connectivity index (χ4n) is 1.63. The quantitative estimate of drug-likeness (QED) is 0.778. The Bertz CT molecular complexity index is 717. The van der Waals surface area contributed by atoms with Crippen LogP contribution in [-0.2, 0) is 0 Å². The van der Waals surface area contributed by atoms with Gasteiger partial charge in [0.25, 0.3) is 5.91 Å². The number of thiazole rings is 1. The summed E-state index contributed by atoms with van der Waals surface area (Å²) in [6.07, 6.45) is 3.50. The first-order valence-electron chi connectivity index (χ1n) is 5.33. The number of anilines is 1. The van der Waals surface area contributed by atoms with Crippen LogP contribution in [0.2, 0.25) is 10.0 Å². The van der Waals surface area contributed by atoms with E-state index < -0.39 is 0 Å². The Morgan fingerprint density at radius 1 is 1.32 bits per heavy atom. The number of nitrogens with zero attached hydrogens (tertiary/aromatic N) is 2. The van der Waals surface area contributed by atoms with Gasteiger partial charge in [0, 0.05) is 17.8 Å². The van der Waals surface area contributed by atoms with Crippen molar-refractivity contribution in [3.8, 4) is 0 Å². The summed E-state index contributed by atoms with van der Waals surface area (Å²) in [5, 5.41) is 5.35. The summed E-state index contributed by atoms with van der Waals surface area (Å²) in [4.78, 5) is 17.1. The molecule has 0 fully saturated rings. The van der Waals surface area contributed by atoms with E-state index in [0.717, 1.165) is 4.96 Å². The minimum Gasteiger partial charge on any atom is -0.318 e. The molecule has 19 heavy (non-hydrogen) atoms. The Balaban J connectivity index is 1.91. The van der Waals surface area contributed by atoms with E-state index in [4.69, 9.17) is 23.2 Å². The third kappa shape index (κ3) is 2.32. The van der Waals surface area contributed by atoms with Crippen LogP contribution in [0.5, 0.6) is 0 Å². The van der Waals surface area contributed by atoms with Gasteiger partial charge in [0.1, 0.15) is 5.69 Å². The lowest BCUT2D eigenvalue weighted by atomic mass is 10.3. The number of fused-ring (bicyclic) bond motifs is 1. The van der Waals surface area contributed by atoms with Crippen LogP contribution in [0.4, 0.5) is 5.69 Å². The predicted octanol–water partition coefficient (Wildman–Crippen LogP) is 3.95. The molecule has 0 aliphatic carbocycles. The molecule has 0 unspecified atom stereocenters. The van der Waals surface area contributed by atoms with E-state index in [2.05, 4.69) is 10.3 Å². The van der Waals surface area contributed by atoms with Crippen molar-refractivity contribution in [1.82, 2.24) is 9.38 Å². The van der Waals surface area contributed by atoms with Crippen LogP contribution in [0.15, 0.2) is 36.0 Å². The molecule has 0 saturated heterocycles. The lowest BCUT2D eigenvalue weighted by molar-refractivity contribution is 0.102. The molecule has 0 bridgehead atoms. The maximum Gasteiger partial charge on any atom is 0.275 e. The highest BCUT2D eigenvalue weighted by atomic mass is 35.5. The SMILES string of the molecule is O=C(Nc1c(Cl)cccc1Cl)c1cn2ccsc2n1. The zero-order valence-corrected chi connectivity index (χ0v) is 11.8. The number of carbonyl (C=O) groups is 1. The van der Waals surface area contributed by atoms with Gasteiger partial charge in [-0.25, -0.2) is 4.98 Å². The van der Waals surface area contributed by atoms with E-state index in [1.54, 1.807) is 28.8 Å². The summed E-state index contributed by atoms with van der Waals surface area (Å²) in [6.45, 7) is 0. The number of hydrogen-bond acceptors (Lipinski definition) is 3. The minimum absolute atomic E-state index is 0.322. The van der Waals surface area contributed by atoms with Gasteiger partial charge in [-0.3, -0.25) is 9.20 Å². The van der Waals surface area contributed by atoms with Crippen molar-refractivity contribution in [3.05, 3.63) is 51.7 Å². The van der Waals surface area contributed by atoms with Crippen molar-refractivity contribution < 1.29 is 4.79 Å². The zero-order chi connectivity index (χ0) is 13.4. The fourth-order valence-corrected chi connectivity index (χ4v) is 2.82. The van der Waals surface area contributed by atoms with Crippen molar-refractivity contribution >= 4 is 51.1 Å². The van der Waals surface area contributed by atoms with E-state index in [1.165, 1.54) is 11.3 Å². The lowest BCUT2D eigenvalue weighted by Gasteiger charge is -2.07. The second kappa shape index (κ2) is 4.85. The van der Waals surface area contributed by atoms with E-state index in [1.807, 2.05) is 11.6 Å². The van der Waals surface area contributed by atoms with Crippen LogP contribution in [0.1, 0.15) is 10.5 Å². The number of para-hydroxylation sites is 1. The van der Waals surface area contributed by atoms with Crippen LogP contribution in [-0.4, -0.2) is 15.3 Å². The van der Waals surface area contributed by atoms with Gasteiger partial charge in [-0.2, -0.15) is 0 Å². The highest BCUT2D eigenvalue weighted by molar-refractivity contribution is 7.15. The van der Waals surface area contributed by atoms with Crippen LogP contribution >= 0.6 is 34.5 Å². The van der Waals surface area contributed by atoms with Gasteiger partial charge in [-0.15, -0.1) is 11.3 Å². The molecule has 3 aromatic rings. The van der Waals surface area contributed by atoms with Crippen LogP contribution in [0.25, 0.3) is 4.96 Å². The number of imidazole rings is 1. The predicted molar refractivity (Wildman–Crippen MR) is 77.5 cm³/mol. The van der Waals surface area contributed by atoms with Crippen LogP contribution in [0.3, 0.4) is 0 Å². The maximum absolute atomic E-state index is 12.1. The van der Waals surface area contributed by atoms with Crippen molar-refractivity contribution in [3.63, 3.8) is 0 Å². The van der Waals surface area contributed by atoms with Gasteiger partial charge in [0.15, 0.2) is 4.96 Å². The van der Waals surface area contributed by atoms with Gasteiger partial charge in [0.2, 0.25) is 0 Å². The molecule has 0 saturated carbocycles. The van der Waals surface area contributed by atoms with E-state index >= 15 is 0 Å². The van der Waals surface area contributed by atoms with Crippen molar-refractivity contribution in [2.75, 3.05) is 5.32 Å². The number of amides is 1. The second-order valence-corrected chi connectivity index (χ2v) is 5.46. The Kier molecular flexibility index (Phi) is 3.18. The molecule has 7 heteroatoms. The number of carbonyl (C=O) groups excluding carboxylic acids is 1. The third-order valence-corrected chi connectivity index (χ3v) is 3.93. The molecule has 1 N–H and O–H groups in total. The van der Waals surface area contributed by atoms with Gasteiger partial charge in [-0.1, -0.05) is 29.3 Å². The third-order valence-electron chi connectivity index (χ3n) is 2.53. The summed E-state index contributed by atoms with van der Waals surface area (Å²) < 4.78 is 1.79. The maximum atomic E-state index is 12.1. The van der Waals surface area contributed by atoms with Gasteiger partial charge < -0.3 is 5.32 Å². The van der Waals surface area contributed by atoms with Gasteiger partial charge >= 0.3 is 0 Å². The highest BCUT2D eigenvalue weighted by Gasteiger charge is 2.14. The molecule has 1 aromatic carbocycles. The summed E-state index contributed by atoms with van der Waals surface area (Å²) in [6, 6.07) is 5.04. The molecule has 0 aliphatic rings. The highest BCUT2D eigenvalue weighted by Crippen LogP contribution is 2.30. The second-order valence-electron chi connectivity index (χ2n) is 3.77. The van der Waals surface area contributed by atoms with Crippen LogP contribution in [0, 0.1) is 0 Å². The lowest BCUT2D eigenvalue weighted by Crippen LogP contribution is -2.13. The monoisotopic (exact) mass is 311 g/mol. The molecule has 1 amide bonds. The Labute approximate surface area is 122 Å². The summed E-state index contributed by atoms with van der Waals surface area (Å²) >= 11 is 13.4. The zero-order valence-electron chi connectivity index (χ0n) is 9.43. The molecule has 0 radical (unpaired) electrons. The topological polar surface area (TPSA) is 46.4 Å². The van der Waals surface area contributed by atoms with E-state index in [9.17, 15) is 4.79 Å². The summed E-state index contributed by atoms with van der Waals surface area (Å²) in [5.74, 6) is -0.342. The first kappa shape index (κ1) is 12.5. The molecule has 3 rings (SSSR count). The summed E-state index contributed by atoms with van der Waals surface area (Å²) in [7, 11) is 0. The van der Waals surface area contributed by atoms with Crippen molar-refractivity contribution in [2.24, 2.45) is 0 Å². The van der Waals surface area contributed by atoms with E-state index in [0.29, 0.717) is 21.4 Å². The number of rotatable bonds is 2. The minimum atomic E-state index is -0.342. The average molecular weight is 312 g/mol. The molecule has 0 spiro atoms. The molecule has 0 atom stereocenters. The Morgan fingerprint density at radius 2 is 2.05 bits per heavy atom. The molecule has 0 aliphatic heterocycles. The summed E-state index contributed by atoms with van der Waals surface area (Å²) in [5.41, 5.74) is 0.718. The number of nitrogens with one attached hydrogen (secondary N) is 1. The Morgan fingerprint density at radius 3 is 2.74 bits per heavy atom. The Hall–Kier alpha value is -1.56. The molecular formula is C12H7Cl2N3OS. The fraction of sp³-hybridized carbons (Fsp3) is 0. The van der Waals surface area contributed by atoms with Crippen molar-refractivity contribution in [1.29, 1.82) is 0 Å². The average Bonchev–Trinajstić information content (AvgIpc) is 2.94. The van der Waals surface area contributed by atoms with Crippen LogP contribution < -0.4 is 5.32 Å². The molecule has 4 nitrogen and oxygen atoms in total. The van der Waals surface area contributed by atoms with Gasteiger partial charge in [-0.05, 0) is 12.1 Å².